The van der Waals surface area contributed by atoms with Crippen LogP contribution < -0.4 is 0 Å². The van der Waals surface area contributed by atoms with Crippen molar-refractivity contribution in [2.45, 2.75) is 39.2 Å². The van der Waals surface area contributed by atoms with Gasteiger partial charge in [0.25, 0.3) is 0 Å². The number of aromatic nitrogens is 2. The zero-order valence-corrected chi connectivity index (χ0v) is 13.3. The molecular weight excluding hydrogens is 291 g/mol. The van der Waals surface area contributed by atoms with Crippen molar-refractivity contribution < 1.29 is 0 Å². The van der Waals surface area contributed by atoms with Crippen LogP contribution in [-0.4, -0.2) is 15.4 Å². The summed E-state index contributed by atoms with van der Waals surface area (Å²) in [5, 5.41) is 0.774. The average molecular weight is 311 g/mol. The normalized spacial score (nSPS) is 22.8. The number of fused-ring (bicyclic) bond motifs is 1. The molecule has 1 aliphatic carbocycles. The molecule has 0 saturated heterocycles. The van der Waals surface area contributed by atoms with Crippen LogP contribution >= 0.6 is 23.2 Å². The molecule has 1 fully saturated rings. The van der Waals surface area contributed by atoms with Gasteiger partial charge in [-0.1, -0.05) is 24.9 Å². The summed E-state index contributed by atoms with van der Waals surface area (Å²) in [6, 6.07) is 5.94. The molecule has 2 aromatic rings. The van der Waals surface area contributed by atoms with Gasteiger partial charge in [-0.3, -0.25) is 0 Å². The third-order valence-electron chi connectivity index (χ3n) is 4.35. The van der Waals surface area contributed by atoms with Crippen LogP contribution in [0.2, 0.25) is 5.02 Å². The van der Waals surface area contributed by atoms with Gasteiger partial charge in [-0.25, -0.2) is 4.98 Å². The molecule has 1 heterocycles. The fourth-order valence-electron chi connectivity index (χ4n) is 3.37. The Morgan fingerprint density at radius 1 is 1.35 bits per heavy atom. The number of aryl methyl sites for hydroxylation is 1. The summed E-state index contributed by atoms with van der Waals surface area (Å²) in [6.45, 7) is 3.40. The van der Waals surface area contributed by atoms with Gasteiger partial charge in [0.1, 0.15) is 5.82 Å². The summed E-state index contributed by atoms with van der Waals surface area (Å²) in [5.41, 5.74) is 2.18. The van der Waals surface area contributed by atoms with Crippen LogP contribution in [0, 0.1) is 11.8 Å². The summed E-state index contributed by atoms with van der Waals surface area (Å²) in [5.74, 6) is 3.32. The van der Waals surface area contributed by atoms with E-state index in [-0.39, 0.29) is 0 Å². The van der Waals surface area contributed by atoms with Crippen LogP contribution in [-0.2, 0) is 13.0 Å². The Morgan fingerprint density at radius 3 is 2.90 bits per heavy atom. The molecule has 1 aromatic heterocycles. The Balaban J connectivity index is 1.97. The van der Waals surface area contributed by atoms with E-state index in [0.29, 0.717) is 5.88 Å². The van der Waals surface area contributed by atoms with Gasteiger partial charge in [-0.15, -0.1) is 11.6 Å². The fraction of sp³-hybridized carbons (Fsp3) is 0.562. The number of rotatable bonds is 4. The van der Waals surface area contributed by atoms with Crippen LogP contribution in [0.1, 0.15) is 32.0 Å². The smallest absolute Gasteiger partial charge is 0.111 e. The molecular formula is C16H20Cl2N2. The summed E-state index contributed by atoms with van der Waals surface area (Å²) in [4.78, 5) is 4.72. The second kappa shape index (κ2) is 5.95. The minimum Gasteiger partial charge on any atom is -0.328 e. The zero-order valence-electron chi connectivity index (χ0n) is 11.8. The SMILES string of the molecule is CC1CCC(Cn2c(CCCl)nc3ccc(Cl)cc32)C1. The maximum atomic E-state index is 6.15. The number of hydrogen-bond donors (Lipinski definition) is 0. The third kappa shape index (κ3) is 2.82. The van der Waals surface area contributed by atoms with Crippen molar-refractivity contribution in [3.63, 3.8) is 0 Å². The van der Waals surface area contributed by atoms with Crippen molar-refractivity contribution >= 4 is 34.2 Å². The van der Waals surface area contributed by atoms with Crippen LogP contribution in [0.5, 0.6) is 0 Å². The monoisotopic (exact) mass is 310 g/mol. The second-order valence-corrected chi connectivity index (χ2v) is 6.81. The molecule has 1 aromatic carbocycles. The molecule has 108 valence electrons. The Hall–Kier alpha value is -0.730. The molecule has 2 atom stereocenters. The molecule has 2 unspecified atom stereocenters. The van der Waals surface area contributed by atoms with Gasteiger partial charge >= 0.3 is 0 Å². The van der Waals surface area contributed by atoms with Gasteiger partial charge in [-0.2, -0.15) is 0 Å². The largest absolute Gasteiger partial charge is 0.328 e. The summed E-state index contributed by atoms with van der Waals surface area (Å²) in [6.07, 6.45) is 4.81. The number of nitrogens with zero attached hydrogens (tertiary/aromatic N) is 2. The second-order valence-electron chi connectivity index (χ2n) is 5.99. The molecule has 3 rings (SSSR count). The number of alkyl halides is 1. The molecule has 2 nitrogen and oxygen atoms in total. The average Bonchev–Trinajstić information content (AvgIpc) is 2.96. The first-order valence-electron chi connectivity index (χ1n) is 7.38. The van der Waals surface area contributed by atoms with Gasteiger partial charge in [0.05, 0.1) is 11.0 Å². The van der Waals surface area contributed by atoms with Gasteiger partial charge in [0, 0.05) is 23.9 Å². The van der Waals surface area contributed by atoms with E-state index in [2.05, 4.69) is 11.5 Å². The third-order valence-corrected chi connectivity index (χ3v) is 4.78. The fourth-order valence-corrected chi connectivity index (χ4v) is 3.71. The summed E-state index contributed by atoms with van der Waals surface area (Å²) >= 11 is 12.1. The van der Waals surface area contributed by atoms with E-state index in [4.69, 9.17) is 28.2 Å². The minimum atomic E-state index is 0.609. The van der Waals surface area contributed by atoms with Gasteiger partial charge < -0.3 is 4.57 Å². The highest BCUT2D eigenvalue weighted by molar-refractivity contribution is 6.31. The number of halogens is 2. The Kier molecular flexibility index (Phi) is 4.23. The van der Waals surface area contributed by atoms with Crippen molar-refractivity contribution in [1.29, 1.82) is 0 Å². The van der Waals surface area contributed by atoms with Crippen LogP contribution in [0.25, 0.3) is 11.0 Å². The van der Waals surface area contributed by atoms with E-state index < -0.39 is 0 Å². The lowest BCUT2D eigenvalue weighted by atomic mass is 10.1. The standard InChI is InChI=1S/C16H20Cl2N2/c1-11-2-3-12(8-11)10-20-15-9-13(18)4-5-14(15)19-16(20)6-7-17/h4-5,9,11-12H,2-3,6-8,10H2,1H3. The highest BCUT2D eigenvalue weighted by atomic mass is 35.5. The lowest BCUT2D eigenvalue weighted by Crippen LogP contribution is -2.11. The van der Waals surface area contributed by atoms with Crippen LogP contribution in [0.15, 0.2) is 18.2 Å². The molecule has 1 aliphatic rings. The zero-order chi connectivity index (χ0) is 14.1. The van der Waals surface area contributed by atoms with Crippen molar-refractivity contribution in [3.8, 4) is 0 Å². The lowest BCUT2D eigenvalue weighted by Gasteiger charge is -2.14. The Labute approximate surface area is 130 Å². The molecule has 0 spiro atoms. The Bertz CT molecular complexity index is 606. The molecule has 0 N–H and O–H groups in total. The molecule has 0 bridgehead atoms. The highest BCUT2D eigenvalue weighted by Crippen LogP contribution is 2.33. The molecule has 0 radical (unpaired) electrons. The number of hydrogen-bond acceptors (Lipinski definition) is 1. The van der Waals surface area contributed by atoms with Crippen molar-refractivity contribution in [2.24, 2.45) is 11.8 Å². The van der Waals surface area contributed by atoms with Crippen LogP contribution in [0.4, 0.5) is 0 Å². The van der Waals surface area contributed by atoms with Crippen molar-refractivity contribution in [2.75, 3.05) is 5.88 Å². The van der Waals surface area contributed by atoms with E-state index in [1.807, 2.05) is 18.2 Å². The molecule has 4 heteroatoms. The minimum absolute atomic E-state index is 0.609. The maximum Gasteiger partial charge on any atom is 0.111 e. The molecule has 0 amide bonds. The van der Waals surface area contributed by atoms with Gasteiger partial charge in [-0.05, 0) is 42.9 Å². The van der Waals surface area contributed by atoms with Crippen molar-refractivity contribution in [1.82, 2.24) is 9.55 Å². The topological polar surface area (TPSA) is 17.8 Å². The first-order chi connectivity index (χ1) is 9.67. The lowest BCUT2D eigenvalue weighted by molar-refractivity contribution is 0.439. The van der Waals surface area contributed by atoms with Crippen molar-refractivity contribution in [3.05, 3.63) is 29.0 Å². The quantitative estimate of drug-likeness (QED) is 0.734. The molecule has 1 saturated carbocycles. The van der Waals surface area contributed by atoms with E-state index in [1.165, 1.54) is 19.3 Å². The summed E-state index contributed by atoms with van der Waals surface area (Å²) < 4.78 is 2.34. The van der Waals surface area contributed by atoms with E-state index in [9.17, 15) is 0 Å². The predicted molar refractivity (Wildman–Crippen MR) is 85.7 cm³/mol. The number of imidazole rings is 1. The number of benzene rings is 1. The van der Waals surface area contributed by atoms with E-state index >= 15 is 0 Å². The van der Waals surface area contributed by atoms with E-state index in [1.54, 1.807) is 0 Å². The Morgan fingerprint density at radius 2 is 2.20 bits per heavy atom. The predicted octanol–water partition coefficient (Wildman–Crippen LogP) is 4.91. The molecule has 0 aliphatic heterocycles. The van der Waals surface area contributed by atoms with E-state index in [0.717, 1.165) is 46.7 Å². The van der Waals surface area contributed by atoms with Gasteiger partial charge in [0.2, 0.25) is 0 Å². The van der Waals surface area contributed by atoms with Gasteiger partial charge in [0.15, 0.2) is 0 Å². The first-order valence-corrected chi connectivity index (χ1v) is 8.29. The van der Waals surface area contributed by atoms with Crippen LogP contribution in [0.3, 0.4) is 0 Å². The summed E-state index contributed by atoms with van der Waals surface area (Å²) in [7, 11) is 0. The first kappa shape index (κ1) is 14.2. The maximum absolute atomic E-state index is 6.15. The highest BCUT2D eigenvalue weighted by Gasteiger charge is 2.23. The molecule has 20 heavy (non-hydrogen) atoms.